The van der Waals surface area contributed by atoms with Crippen LogP contribution in [0.5, 0.6) is 5.75 Å². The number of ether oxygens (including phenoxy) is 1. The molecule has 7 heteroatoms. The fourth-order valence-corrected chi connectivity index (χ4v) is 2.83. The van der Waals surface area contributed by atoms with Crippen molar-refractivity contribution in [2.24, 2.45) is 11.7 Å². The molecule has 0 spiro atoms. The lowest BCUT2D eigenvalue weighted by Gasteiger charge is -2.31. The van der Waals surface area contributed by atoms with Gasteiger partial charge in [0.2, 0.25) is 5.91 Å². The van der Waals surface area contributed by atoms with Gasteiger partial charge in [-0.15, -0.1) is 12.4 Å². The Morgan fingerprint density at radius 3 is 2.54 bits per heavy atom. The summed E-state index contributed by atoms with van der Waals surface area (Å²) < 4.78 is 5.32. The third-order valence-corrected chi connectivity index (χ3v) is 4.12. The zero-order chi connectivity index (χ0) is 16.5. The molecule has 4 N–H and O–H groups in total. The fourth-order valence-electron chi connectivity index (χ4n) is 2.83. The third-order valence-electron chi connectivity index (χ3n) is 4.12. The van der Waals surface area contributed by atoms with E-state index in [1.807, 2.05) is 18.2 Å². The molecule has 0 saturated heterocycles. The maximum atomic E-state index is 11.9. The number of nitrogens with one attached hydrogen (secondary N) is 2. The molecule has 0 heterocycles. The van der Waals surface area contributed by atoms with Crippen LogP contribution in [0.2, 0.25) is 0 Å². The SMILES string of the molecule is Cl.NCC1CCCCC1NC(=O)CNC(=O)COc1ccccc1. The van der Waals surface area contributed by atoms with E-state index in [-0.39, 0.29) is 43.4 Å². The second kappa shape index (κ2) is 10.9. The number of nitrogens with two attached hydrogens (primary N) is 1. The minimum atomic E-state index is -0.317. The summed E-state index contributed by atoms with van der Waals surface area (Å²) >= 11 is 0. The molecule has 0 radical (unpaired) electrons. The number of hydrogen-bond donors (Lipinski definition) is 3. The summed E-state index contributed by atoms with van der Waals surface area (Å²) in [5.41, 5.74) is 5.75. The van der Waals surface area contributed by atoms with Gasteiger partial charge in [-0.1, -0.05) is 31.0 Å². The van der Waals surface area contributed by atoms with Crippen LogP contribution in [-0.4, -0.2) is 37.6 Å². The van der Waals surface area contributed by atoms with Gasteiger partial charge in [0.1, 0.15) is 5.75 Å². The van der Waals surface area contributed by atoms with Crippen LogP contribution in [0.15, 0.2) is 30.3 Å². The van der Waals surface area contributed by atoms with Gasteiger partial charge in [-0.2, -0.15) is 0 Å². The first kappa shape index (κ1) is 20.3. The molecule has 0 aromatic heterocycles. The van der Waals surface area contributed by atoms with E-state index in [0.29, 0.717) is 18.2 Å². The number of carbonyl (C=O) groups is 2. The summed E-state index contributed by atoms with van der Waals surface area (Å²) in [4.78, 5) is 23.6. The number of hydrogen-bond acceptors (Lipinski definition) is 4. The number of carbonyl (C=O) groups excluding carboxylic acids is 2. The zero-order valence-corrected chi connectivity index (χ0v) is 14.5. The summed E-state index contributed by atoms with van der Waals surface area (Å²) in [7, 11) is 0. The van der Waals surface area contributed by atoms with Crippen LogP contribution in [0.25, 0.3) is 0 Å². The number of para-hydroxylation sites is 1. The van der Waals surface area contributed by atoms with Crippen LogP contribution in [0.4, 0.5) is 0 Å². The van der Waals surface area contributed by atoms with Crippen LogP contribution in [0, 0.1) is 5.92 Å². The molecule has 1 aromatic carbocycles. The standard InChI is InChI=1S/C17H25N3O3.ClH/c18-10-13-6-4-5-9-15(13)20-16(21)11-19-17(22)12-23-14-7-2-1-3-8-14;/h1-3,7-8,13,15H,4-6,9-12,18H2,(H,19,22)(H,20,21);1H. The van der Waals surface area contributed by atoms with Crippen LogP contribution in [0.3, 0.4) is 0 Å². The molecular weight excluding hydrogens is 330 g/mol. The van der Waals surface area contributed by atoms with E-state index in [1.165, 1.54) is 6.42 Å². The summed E-state index contributed by atoms with van der Waals surface area (Å²) in [5, 5.41) is 5.54. The minimum Gasteiger partial charge on any atom is -0.484 e. The Labute approximate surface area is 148 Å². The Balaban J connectivity index is 0.00000288. The summed E-state index contributed by atoms with van der Waals surface area (Å²) in [6, 6.07) is 9.21. The van der Waals surface area contributed by atoms with E-state index in [4.69, 9.17) is 10.5 Å². The average molecular weight is 356 g/mol. The maximum Gasteiger partial charge on any atom is 0.258 e. The van der Waals surface area contributed by atoms with Gasteiger partial charge in [0.15, 0.2) is 6.61 Å². The quantitative estimate of drug-likeness (QED) is 0.686. The number of benzene rings is 1. The van der Waals surface area contributed by atoms with Crippen LogP contribution >= 0.6 is 12.4 Å². The molecule has 2 rings (SSSR count). The molecule has 0 aliphatic heterocycles. The third kappa shape index (κ3) is 6.76. The lowest BCUT2D eigenvalue weighted by molar-refractivity contribution is -0.127. The van der Waals surface area contributed by atoms with Crippen molar-refractivity contribution in [2.75, 3.05) is 19.7 Å². The van der Waals surface area contributed by atoms with Crippen LogP contribution in [0.1, 0.15) is 25.7 Å². The van der Waals surface area contributed by atoms with Crippen molar-refractivity contribution in [3.63, 3.8) is 0 Å². The lowest BCUT2D eigenvalue weighted by Crippen LogP contribution is -2.48. The lowest BCUT2D eigenvalue weighted by atomic mass is 9.84. The van der Waals surface area contributed by atoms with Crippen molar-refractivity contribution in [1.82, 2.24) is 10.6 Å². The first-order chi connectivity index (χ1) is 11.2. The molecule has 1 saturated carbocycles. The maximum absolute atomic E-state index is 11.9. The first-order valence-electron chi connectivity index (χ1n) is 8.13. The highest BCUT2D eigenvalue weighted by Crippen LogP contribution is 2.23. The molecule has 0 bridgehead atoms. The smallest absolute Gasteiger partial charge is 0.258 e. The highest BCUT2D eigenvalue weighted by molar-refractivity contribution is 5.85. The molecule has 2 unspecified atom stereocenters. The van der Waals surface area contributed by atoms with Gasteiger partial charge in [-0.3, -0.25) is 9.59 Å². The molecule has 1 aromatic rings. The molecule has 2 amide bonds. The Morgan fingerprint density at radius 2 is 1.83 bits per heavy atom. The number of rotatable bonds is 7. The number of halogens is 1. The van der Waals surface area contributed by atoms with Gasteiger partial charge in [0, 0.05) is 6.04 Å². The second-order valence-corrected chi connectivity index (χ2v) is 5.83. The second-order valence-electron chi connectivity index (χ2n) is 5.83. The highest BCUT2D eigenvalue weighted by atomic mass is 35.5. The van der Waals surface area contributed by atoms with Gasteiger partial charge in [-0.05, 0) is 37.4 Å². The molecular formula is C17H26ClN3O3. The van der Waals surface area contributed by atoms with Gasteiger partial charge in [0.25, 0.3) is 5.91 Å². The van der Waals surface area contributed by atoms with Gasteiger partial charge >= 0.3 is 0 Å². The van der Waals surface area contributed by atoms with Gasteiger partial charge < -0.3 is 21.1 Å². The van der Waals surface area contributed by atoms with E-state index in [2.05, 4.69) is 10.6 Å². The van der Waals surface area contributed by atoms with E-state index < -0.39 is 0 Å². The van der Waals surface area contributed by atoms with Gasteiger partial charge in [-0.25, -0.2) is 0 Å². The Bertz CT molecular complexity index is 513. The first-order valence-corrected chi connectivity index (χ1v) is 8.13. The largest absolute Gasteiger partial charge is 0.484 e. The number of amides is 2. The molecule has 1 aliphatic carbocycles. The predicted octanol–water partition coefficient (Wildman–Crippen LogP) is 1.24. The van der Waals surface area contributed by atoms with Crippen molar-refractivity contribution in [1.29, 1.82) is 0 Å². The van der Waals surface area contributed by atoms with Crippen molar-refractivity contribution in [3.8, 4) is 5.75 Å². The van der Waals surface area contributed by atoms with Crippen molar-refractivity contribution < 1.29 is 14.3 Å². The molecule has 1 aliphatic rings. The molecule has 24 heavy (non-hydrogen) atoms. The fraction of sp³-hybridized carbons (Fsp3) is 0.529. The predicted molar refractivity (Wildman–Crippen MR) is 95.1 cm³/mol. The van der Waals surface area contributed by atoms with E-state index >= 15 is 0 Å². The Kier molecular flexibility index (Phi) is 9.19. The molecule has 6 nitrogen and oxygen atoms in total. The summed E-state index contributed by atoms with van der Waals surface area (Å²) in [6.45, 7) is 0.444. The van der Waals surface area contributed by atoms with Crippen molar-refractivity contribution in [2.45, 2.75) is 31.7 Å². The average Bonchev–Trinajstić information content (AvgIpc) is 2.59. The zero-order valence-electron chi connectivity index (χ0n) is 13.7. The Morgan fingerprint density at radius 1 is 1.12 bits per heavy atom. The van der Waals surface area contributed by atoms with Crippen LogP contribution in [-0.2, 0) is 9.59 Å². The van der Waals surface area contributed by atoms with E-state index in [0.717, 1.165) is 19.3 Å². The summed E-state index contributed by atoms with van der Waals surface area (Å²) in [5.74, 6) is 0.469. The normalized spacial score (nSPS) is 19.7. The Hall–Kier alpha value is -1.79. The molecule has 2 atom stereocenters. The molecule has 1 fully saturated rings. The van der Waals surface area contributed by atoms with Crippen LogP contribution < -0.4 is 21.1 Å². The topological polar surface area (TPSA) is 93.5 Å². The monoisotopic (exact) mass is 355 g/mol. The van der Waals surface area contributed by atoms with Gasteiger partial charge in [0.05, 0.1) is 6.54 Å². The van der Waals surface area contributed by atoms with Crippen molar-refractivity contribution >= 4 is 24.2 Å². The highest BCUT2D eigenvalue weighted by Gasteiger charge is 2.25. The summed E-state index contributed by atoms with van der Waals surface area (Å²) in [6.07, 6.45) is 4.29. The van der Waals surface area contributed by atoms with E-state index in [9.17, 15) is 9.59 Å². The molecule has 134 valence electrons. The van der Waals surface area contributed by atoms with Crippen molar-refractivity contribution in [3.05, 3.63) is 30.3 Å². The minimum absolute atomic E-state index is 0. The van der Waals surface area contributed by atoms with E-state index in [1.54, 1.807) is 12.1 Å².